The monoisotopic (exact) mass is 207 g/mol. The van der Waals surface area contributed by atoms with Crippen LogP contribution >= 0.6 is 0 Å². The molecule has 1 aromatic rings. The Labute approximate surface area is 90.7 Å². The second kappa shape index (κ2) is 3.93. The van der Waals surface area contributed by atoms with Crippen molar-refractivity contribution in [1.82, 2.24) is 5.32 Å². The molecule has 1 aromatic carbocycles. The molecule has 1 saturated heterocycles. The van der Waals surface area contributed by atoms with E-state index in [9.17, 15) is 4.39 Å². The first-order valence-corrected chi connectivity index (χ1v) is 5.59. The number of halogens is 1. The molecule has 1 heterocycles. The van der Waals surface area contributed by atoms with Crippen molar-refractivity contribution in [1.29, 1.82) is 0 Å². The van der Waals surface area contributed by atoms with Gasteiger partial charge in [0, 0.05) is 0 Å². The predicted molar refractivity (Wildman–Crippen MR) is 60.8 cm³/mol. The average molecular weight is 207 g/mol. The Kier molecular flexibility index (Phi) is 2.79. The van der Waals surface area contributed by atoms with Crippen molar-refractivity contribution in [2.75, 3.05) is 13.1 Å². The van der Waals surface area contributed by atoms with Crippen LogP contribution in [-0.4, -0.2) is 13.1 Å². The summed E-state index contributed by atoms with van der Waals surface area (Å²) in [5.41, 5.74) is 2.16. The van der Waals surface area contributed by atoms with E-state index in [0.29, 0.717) is 12.8 Å². The third-order valence-electron chi connectivity index (χ3n) is 3.42. The van der Waals surface area contributed by atoms with Gasteiger partial charge in [-0.05, 0) is 56.5 Å². The Morgan fingerprint density at radius 3 is 2.40 bits per heavy atom. The maximum absolute atomic E-state index is 14.6. The quantitative estimate of drug-likeness (QED) is 0.746. The van der Waals surface area contributed by atoms with Crippen LogP contribution in [0.3, 0.4) is 0 Å². The smallest absolute Gasteiger partial charge is 0.138 e. The summed E-state index contributed by atoms with van der Waals surface area (Å²) in [5.74, 6) is 0. The minimum atomic E-state index is -1.11. The van der Waals surface area contributed by atoms with Gasteiger partial charge in [-0.2, -0.15) is 0 Å². The maximum Gasteiger partial charge on any atom is 0.138 e. The molecule has 1 N–H and O–H groups in total. The molecule has 0 radical (unpaired) electrons. The van der Waals surface area contributed by atoms with Crippen molar-refractivity contribution in [2.45, 2.75) is 32.4 Å². The summed E-state index contributed by atoms with van der Waals surface area (Å²) in [6.07, 6.45) is 1.19. The minimum Gasteiger partial charge on any atom is -0.316 e. The van der Waals surface area contributed by atoms with Crippen LogP contribution in [0.4, 0.5) is 4.39 Å². The van der Waals surface area contributed by atoms with Gasteiger partial charge in [-0.15, -0.1) is 0 Å². The van der Waals surface area contributed by atoms with Crippen molar-refractivity contribution in [2.24, 2.45) is 0 Å². The van der Waals surface area contributed by atoms with Crippen LogP contribution < -0.4 is 5.32 Å². The van der Waals surface area contributed by atoms with Gasteiger partial charge >= 0.3 is 0 Å². The Morgan fingerprint density at radius 2 is 1.80 bits per heavy atom. The second-order valence-electron chi connectivity index (χ2n) is 4.51. The van der Waals surface area contributed by atoms with E-state index in [2.05, 4.69) is 12.2 Å². The molecular weight excluding hydrogens is 189 g/mol. The van der Waals surface area contributed by atoms with Crippen LogP contribution in [0, 0.1) is 13.8 Å². The van der Waals surface area contributed by atoms with Gasteiger partial charge in [0.1, 0.15) is 5.67 Å². The van der Waals surface area contributed by atoms with Gasteiger partial charge in [0.15, 0.2) is 0 Å². The fourth-order valence-electron chi connectivity index (χ4n) is 2.13. The Bertz CT molecular complexity index is 354. The molecule has 0 aromatic heterocycles. The first-order chi connectivity index (χ1) is 7.12. The molecular formula is C13H18FN. The maximum atomic E-state index is 14.6. The number of nitrogens with one attached hydrogen (secondary N) is 1. The van der Waals surface area contributed by atoms with E-state index in [-0.39, 0.29) is 0 Å². The van der Waals surface area contributed by atoms with Gasteiger partial charge in [-0.3, -0.25) is 0 Å². The minimum absolute atomic E-state index is 0.593. The fraction of sp³-hybridized carbons (Fsp3) is 0.538. The first kappa shape index (κ1) is 10.6. The van der Waals surface area contributed by atoms with Gasteiger partial charge < -0.3 is 5.32 Å². The van der Waals surface area contributed by atoms with Gasteiger partial charge in [0.05, 0.1) is 0 Å². The van der Waals surface area contributed by atoms with E-state index < -0.39 is 5.67 Å². The third-order valence-corrected chi connectivity index (χ3v) is 3.42. The second-order valence-corrected chi connectivity index (χ2v) is 4.51. The van der Waals surface area contributed by atoms with E-state index in [0.717, 1.165) is 18.7 Å². The summed E-state index contributed by atoms with van der Waals surface area (Å²) >= 11 is 0. The normalized spacial score (nSPS) is 20.2. The molecule has 2 rings (SSSR count). The zero-order valence-electron chi connectivity index (χ0n) is 9.44. The van der Waals surface area contributed by atoms with Gasteiger partial charge in [0.25, 0.3) is 0 Å². The molecule has 0 unspecified atom stereocenters. The molecule has 0 spiro atoms. The van der Waals surface area contributed by atoms with Crippen molar-refractivity contribution in [3.05, 3.63) is 34.9 Å². The van der Waals surface area contributed by atoms with Crippen molar-refractivity contribution >= 4 is 0 Å². The lowest BCUT2D eigenvalue weighted by molar-refractivity contribution is 0.115. The van der Waals surface area contributed by atoms with Crippen LogP contribution in [0.25, 0.3) is 0 Å². The SMILES string of the molecule is Cc1ccc(C2(F)CCNCC2)cc1C. The number of hydrogen-bond donors (Lipinski definition) is 1. The first-order valence-electron chi connectivity index (χ1n) is 5.59. The van der Waals surface area contributed by atoms with Crippen molar-refractivity contribution in [3.63, 3.8) is 0 Å². The average Bonchev–Trinajstić information content (AvgIpc) is 2.23. The number of rotatable bonds is 1. The number of benzene rings is 1. The zero-order chi connectivity index (χ0) is 10.9. The number of hydrogen-bond acceptors (Lipinski definition) is 1. The molecule has 1 aliphatic heterocycles. The molecule has 0 bridgehead atoms. The molecule has 0 saturated carbocycles. The Balaban J connectivity index is 2.31. The number of piperidine rings is 1. The summed E-state index contributed by atoms with van der Waals surface area (Å²) in [6.45, 7) is 5.67. The van der Waals surface area contributed by atoms with Crippen LogP contribution in [0.1, 0.15) is 29.5 Å². The van der Waals surface area contributed by atoms with E-state index in [1.54, 1.807) is 0 Å². The molecule has 15 heavy (non-hydrogen) atoms. The summed E-state index contributed by atoms with van der Waals surface area (Å²) in [7, 11) is 0. The summed E-state index contributed by atoms with van der Waals surface area (Å²) < 4.78 is 14.6. The molecule has 0 atom stereocenters. The highest BCUT2D eigenvalue weighted by Crippen LogP contribution is 2.35. The molecule has 82 valence electrons. The highest BCUT2D eigenvalue weighted by atomic mass is 19.1. The summed E-state index contributed by atoms with van der Waals surface area (Å²) in [6, 6.07) is 5.96. The van der Waals surface area contributed by atoms with E-state index in [1.807, 2.05) is 25.1 Å². The lowest BCUT2D eigenvalue weighted by Gasteiger charge is -2.30. The van der Waals surface area contributed by atoms with E-state index >= 15 is 0 Å². The molecule has 0 aliphatic carbocycles. The molecule has 0 amide bonds. The lowest BCUT2D eigenvalue weighted by Crippen LogP contribution is -2.36. The Hall–Kier alpha value is -0.890. The number of alkyl halides is 1. The third kappa shape index (κ3) is 2.05. The largest absolute Gasteiger partial charge is 0.316 e. The molecule has 1 aliphatic rings. The summed E-state index contributed by atoms with van der Waals surface area (Å²) in [5, 5.41) is 3.20. The fourth-order valence-corrected chi connectivity index (χ4v) is 2.13. The van der Waals surface area contributed by atoms with Crippen LogP contribution in [-0.2, 0) is 5.67 Å². The highest BCUT2D eigenvalue weighted by molar-refractivity contribution is 5.33. The van der Waals surface area contributed by atoms with Crippen molar-refractivity contribution in [3.8, 4) is 0 Å². The molecule has 1 fully saturated rings. The van der Waals surface area contributed by atoms with Crippen LogP contribution in [0.15, 0.2) is 18.2 Å². The van der Waals surface area contributed by atoms with Crippen molar-refractivity contribution < 1.29 is 4.39 Å². The Morgan fingerprint density at radius 1 is 1.13 bits per heavy atom. The number of aryl methyl sites for hydroxylation is 2. The molecule has 2 heteroatoms. The molecule has 1 nitrogen and oxygen atoms in total. The standard InChI is InChI=1S/C13H18FN/c1-10-3-4-12(9-11(10)2)13(14)5-7-15-8-6-13/h3-4,9,15H,5-8H2,1-2H3. The predicted octanol–water partition coefficient (Wildman–Crippen LogP) is 2.85. The van der Waals surface area contributed by atoms with Gasteiger partial charge in [-0.25, -0.2) is 4.39 Å². The van der Waals surface area contributed by atoms with E-state index in [4.69, 9.17) is 0 Å². The lowest BCUT2D eigenvalue weighted by atomic mass is 9.85. The van der Waals surface area contributed by atoms with E-state index in [1.165, 1.54) is 11.1 Å². The highest BCUT2D eigenvalue weighted by Gasteiger charge is 2.33. The topological polar surface area (TPSA) is 12.0 Å². The zero-order valence-corrected chi connectivity index (χ0v) is 9.44. The van der Waals surface area contributed by atoms with Crippen LogP contribution in [0.5, 0.6) is 0 Å². The van der Waals surface area contributed by atoms with Crippen LogP contribution in [0.2, 0.25) is 0 Å². The summed E-state index contributed by atoms with van der Waals surface area (Å²) in [4.78, 5) is 0. The van der Waals surface area contributed by atoms with Gasteiger partial charge in [0.2, 0.25) is 0 Å². The van der Waals surface area contributed by atoms with Gasteiger partial charge in [-0.1, -0.05) is 18.2 Å².